The van der Waals surface area contributed by atoms with Gasteiger partial charge in [0.05, 0.1) is 0 Å². The average molecular weight is 452 g/mol. The van der Waals surface area contributed by atoms with Crippen molar-refractivity contribution in [3.8, 4) is 10.6 Å². The number of carbonyl (C=O) groups is 1. The molecule has 0 bridgehead atoms. The molecule has 2 aromatic heterocycles. The Hall–Kier alpha value is -2.14. The minimum absolute atomic E-state index is 0.212. The third-order valence-electron chi connectivity index (χ3n) is 4.69. The first kappa shape index (κ1) is 20.1. The lowest BCUT2D eigenvalue weighted by Gasteiger charge is -2.31. The fourth-order valence-electron chi connectivity index (χ4n) is 3.19. The smallest absolute Gasteiger partial charge is 0.273 e. The highest BCUT2D eigenvalue weighted by Crippen LogP contribution is 2.27. The maximum Gasteiger partial charge on any atom is 0.273 e. The van der Waals surface area contributed by atoms with Gasteiger partial charge in [-0.1, -0.05) is 18.2 Å². The van der Waals surface area contributed by atoms with Crippen LogP contribution in [0.4, 0.5) is 4.39 Å². The topological polar surface area (TPSA) is 79.4 Å². The monoisotopic (exact) mass is 451 g/mol. The highest BCUT2D eigenvalue weighted by molar-refractivity contribution is 7.91. The molecule has 1 aromatic carbocycles. The second kappa shape index (κ2) is 8.31. The number of nitrogens with one attached hydrogen (secondary N) is 1. The first-order valence-corrected chi connectivity index (χ1v) is 12.2. The van der Waals surface area contributed by atoms with Crippen LogP contribution in [0.2, 0.25) is 0 Å². The predicted molar refractivity (Wildman–Crippen MR) is 111 cm³/mol. The first-order valence-electron chi connectivity index (χ1n) is 8.99. The van der Waals surface area contributed by atoms with E-state index in [4.69, 9.17) is 0 Å². The van der Waals surface area contributed by atoms with Gasteiger partial charge in [0.1, 0.15) is 20.7 Å². The maximum atomic E-state index is 13.9. The molecule has 3 aromatic rings. The normalized spacial score (nSPS) is 15.6. The summed E-state index contributed by atoms with van der Waals surface area (Å²) in [6.45, 7) is 0.867. The van der Waals surface area contributed by atoms with E-state index in [2.05, 4.69) is 9.71 Å². The number of benzene rings is 1. The highest BCUT2D eigenvalue weighted by Gasteiger charge is 2.28. The van der Waals surface area contributed by atoms with Crippen molar-refractivity contribution in [2.45, 2.75) is 23.1 Å². The molecular weight excluding hydrogens is 433 g/mol. The zero-order valence-electron chi connectivity index (χ0n) is 15.2. The van der Waals surface area contributed by atoms with Crippen molar-refractivity contribution >= 4 is 38.6 Å². The molecule has 1 N–H and O–H groups in total. The number of thiazole rings is 1. The number of piperidine rings is 1. The molecule has 10 heteroatoms. The van der Waals surface area contributed by atoms with E-state index in [-0.39, 0.29) is 23.5 Å². The lowest BCUT2D eigenvalue weighted by molar-refractivity contribution is 0.0706. The van der Waals surface area contributed by atoms with E-state index in [9.17, 15) is 17.6 Å². The Labute approximate surface area is 176 Å². The predicted octanol–water partition coefficient (Wildman–Crippen LogP) is 3.59. The van der Waals surface area contributed by atoms with Crippen LogP contribution in [0.5, 0.6) is 0 Å². The fraction of sp³-hybridized carbons (Fsp3) is 0.263. The molecule has 0 saturated carbocycles. The molecule has 1 aliphatic heterocycles. The summed E-state index contributed by atoms with van der Waals surface area (Å²) in [5, 5.41) is 3.82. The van der Waals surface area contributed by atoms with E-state index in [1.165, 1.54) is 28.7 Å². The molecule has 0 spiro atoms. The Morgan fingerprint density at radius 1 is 1.14 bits per heavy atom. The van der Waals surface area contributed by atoms with Crippen LogP contribution in [0.3, 0.4) is 0 Å². The van der Waals surface area contributed by atoms with Crippen molar-refractivity contribution in [3.05, 3.63) is 58.7 Å². The van der Waals surface area contributed by atoms with Crippen molar-refractivity contribution < 1.29 is 17.6 Å². The van der Waals surface area contributed by atoms with Gasteiger partial charge in [-0.3, -0.25) is 4.79 Å². The molecule has 1 amide bonds. The number of hydrogen-bond donors (Lipinski definition) is 1. The van der Waals surface area contributed by atoms with Gasteiger partial charge in [0, 0.05) is 30.1 Å². The second-order valence-electron chi connectivity index (χ2n) is 6.64. The van der Waals surface area contributed by atoms with E-state index in [0.29, 0.717) is 40.7 Å². The van der Waals surface area contributed by atoms with Crippen molar-refractivity contribution in [2.75, 3.05) is 13.1 Å². The summed E-state index contributed by atoms with van der Waals surface area (Å²) in [6, 6.07) is 9.38. The Morgan fingerprint density at radius 3 is 2.59 bits per heavy atom. The molecule has 4 rings (SSSR count). The number of halogens is 1. The largest absolute Gasteiger partial charge is 0.337 e. The number of thiophene rings is 1. The van der Waals surface area contributed by atoms with Gasteiger partial charge in [-0.15, -0.1) is 22.7 Å². The van der Waals surface area contributed by atoms with Crippen LogP contribution >= 0.6 is 22.7 Å². The molecule has 3 heterocycles. The summed E-state index contributed by atoms with van der Waals surface area (Å²) in [6.07, 6.45) is 1.06. The van der Waals surface area contributed by atoms with E-state index in [0.717, 1.165) is 0 Å². The SMILES string of the molecule is O=C(c1csc(-c2ccccc2F)n1)N1CCC(NS(=O)(=O)c2cccs2)CC1. The molecule has 0 aliphatic carbocycles. The van der Waals surface area contributed by atoms with Crippen LogP contribution in [0, 0.1) is 5.82 Å². The Bertz CT molecular complexity index is 1100. The summed E-state index contributed by atoms with van der Waals surface area (Å²) in [4.78, 5) is 18.7. The van der Waals surface area contributed by atoms with Crippen molar-refractivity contribution in [3.63, 3.8) is 0 Å². The minimum atomic E-state index is -3.52. The van der Waals surface area contributed by atoms with Gasteiger partial charge in [0.25, 0.3) is 5.91 Å². The van der Waals surface area contributed by atoms with Gasteiger partial charge in [0.2, 0.25) is 10.0 Å². The van der Waals surface area contributed by atoms with E-state index >= 15 is 0 Å². The van der Waals surface area contributed by atoms with Crippen LogP contribution in [0.25, 0.3) is 10.6 Å². The van der Waals surface area contributed by atoms with Crippen molar-refractivity contribution in [1.82, 2.24) is 14.6 Å². The number of sulfonamides is 1. The maximum absolute atomic E-state index is 13.9. The second-order valence-corrected chi connectivity index (χ2v) is 10.4. The van der Waals surface area contributed by atoms with E-state index in [1.54, 1.807) is 46.0 Å². The number of likely N-dealkylation sites (tertiary alicyclic amines) is 1. The molecule has 1 fully saturated rings. The van der Waals surface area contributed by atoms with Crippen LogP contribution in [0.1, 0.15) is 23.3 Å². The van der Waals surface area contributed by atoms with Crippen LogP contribution in [-0.2, 0) is 10.0 Å². The molecule has 29 heavy (non-hydrogen) atoms. The van der Waals surface area contributed by atoms with Crippen LogP contribution < -0.4 is 4.72 Å². The fourth-order valence-corrected chi connectivity index (χ4v) is 6.32. The van der Waals surface area contributed by atoms with Gasteiger partial charge >= 0.3 is 0 Å². The Balaban J connectivity index is 1.38. The lowest BCUT2D eigenvalue weighted by atomic mass is 10.1. The van der Waals surface area contributed by atoms with Crippen molar-refractivity contribution in [2.24, 2.45) is 0 Å². The number of rotatable bonds is 5. The zero-order valence-corrected chi connectivity index (χ0v) is 17.7. The molecule has 1 saturated heterocycles. The number of amides is 1. The van der Waals surface area contributed by atoms with Gasteiger partial charge in [-0.25, -0.2) is 22.5 Å². The quantitative estimate of drug-likeness (QED) is 0.643. The van der Waals surface area contributed by atoms with Gasteiger partial charge < -0.3 is 4.90 Å². The third-order valence-corrected chi connectivity index (χ3v) is 8.49. The highest BCUT2D eigenvalue weighted by atomic mass is 32.2. The minimum Gasteiger partial charge on any atom is -0.337 e. The molecule has 0 unspecified atom stereocenters. The molecule has 0 radical (unpaired) electrons. The molecule has 6 nitrogen and oxygen atoms in total. The summed E-state index contributed by atoms with van der Waals surface area (Å²) in [7, 11) is -3.52. The third kappa shape index (κ3) is 4.40. The van der Waals surface area contributed by atoms with Gasteiger partial charge in [-0.05, 0) is 36.4 Å². The van der Waals surface area contributed by atoms with Crippen LogP contribution in [-0.4, -0.2) is 43.3 Å². The van der Waals surface area contributed by atoms with Crippen molar-refractivity contribution in [1.29, 1.82) is 0 Å². The van der Waals surface area contributed by atoms with Gasteiger partial charge in [-0.2, -0.15) is 0 Å². The summed E-state index contributed by atoms with van der Waals surface area (Å²) in [5.41, 5.74) is 0.657. The summed E-state index contributed by atoms with van der Waals surface area (Å²) < 4.78 is 41.6. The summed E-state index contributed by atoms with van der Waals surface area (Å²) >= 11 is 2.40. The zero-order chi connectivity index (χ0) is 20.4. The Kier molecular flexibility index (Phi) is 5.77. The first-order chi connectivity index (χ1) is 13.9. The lowest BCUT2D eigenvalue weighted by Crippen LogP contribution is -2.46. The number of nitrogens with zero attached hydrogens (tertiary/aromatic N) is 2. The molecule has 1 aliphatic rings. The van der Waals surface area contributed by atoms with Crippen LogP contribution in [0.15, 0.2) is 51.4 Å². The molecule has 152 valence electrons. The van der Waals surface area contributed by atoms with E-state index in [1.807, 2.05) is 0 Å². The van der Waals surface area contributed by atoms with Gasteiger partial charge in [0.15, 0.2) is 0 Å². The number of carbonyl (C=O) groups excluding carboxylic acids is 1. The number of hydrogen-bond acceptors (Lipinski definition) is 6. The molecular formula is C19H18FN3O3S3. The molecule has 0 atom stereocenters. The average Bonchev–Trinajstić information content (AvgIpc) is 3.41. The Morgan fingerprint density at radius 2 is 1.90 bits per heavy atom. The standard InChI is InChI=1S/C19H18FN3O3S3/c20-15-5-2-1-4-14(15)18-21-16(12-28-18)19(24)23-9-7-13(8-10-23)22-29(25,26)17-6-3-11-27-17/h1-6,11-13,22H,7-10H2. The summed E-state index contributed by atoms with van der Waals surface area (Å²) in [5.74, 6) is -0.594. The number of aromatic nitrogens is 1. The van der Waals surface area contributed by atoms with E-state index < -0.39 is 10.0 Å².